The van der Waals surface area contributed by atoms with Gasteiger partial charge in [-0.2, -0.15) is 5.10 Å². The molecule has 2 heterocycles. The fourth-order valence-corrected chi connectivity index (χ4v) is 3.72. The van der Waals surface area contributed by atoms with E-state index < -0.39 is 0 Å². The highest BCUT2D eigenvalue weighted by Crippen LogP contribution is 2.32. The van der Waals surface area contributed by atoms with Crippen LogP contribution in [-0.2, 0) is 0 Å². The van der Waals surface area contributed by atoms with Gasteiger partial charge >= 0.3 is 0 Å². The molecule has 9 heteroatoms. The fourth-order valence-electron chi connectivity index (χ4n) is 3.25. The number of hydrogen-bond donors (Lipinski definition) is 2. The second kappa shape index (κ2) is 8.06. The molecule has 2 aromatic heterocycles. The van der Waals surface area contributed by atoms with Crippen molar-refractivity contribution in [1.29, 1.82) is 0 Å². The van der Waals surface area contributed by atoms with Gasteiger partial charge in [-0.25, -0.2) is 9.50 Å². The van der Waals surface area contributed by atoms with Crippen LogP contribution in [0.25, 0.3) is 5.65 Å². The summed E-state index contributed by atoms with van der Waals surface area (Å²) in [6.45, 7) is 0. The van der Waals surface area contributed by atoms with Crippen molar-refractivity contribution in [3.63, 3.8) is 0 Å². The van der Waals surface area contributed by atoms with Crippen LogP contribution in [0, 0.1) is 0 Å². The molecular formula is C19H18BrClN4O3. The number of carbonyl (C=O) groups excluding carboxylic acids is 1. The standard InChI is InChI=1S/C19H18BrClN4O3/c20-11-8-22-18-15(9-23-25(18)10-11)19(27)24-16-7-12(21)1-6-17(16)28-14-4-2-13(26)3-5-14/h1,6-10,13-14,26H,2-5H2,(H,24,27). The van der Waals surface area contributed by atoms with Gasteiger partial charge in [-0.15, -0.1) is 0 Å². The highest BCUT2D eigenvalue weighted by molar-refractivity contribution is 9.10. The van der Waals surface area contributed by atoms with Crippen LogP contribution in [0.1, 0.15) is 36.0 Å². The number of anilines is 1. The van der Waals surface area contributed by atoms with Gasteiger partial charge in [0.05, 0.1) is 28.6 Å². The highest BCUT2D eigenvalue weighted by atomic mass is 79.9. The molecule has 1 saturated carbocycles. The zero-order valence-corrected chi connectivity index (χ0v) is 17.2. The van der Waals surface area contributed by atoms with E-state index in [1.807, 2.05) is 0 Å². The van der Waals surface area contributed by atoms with Crippen LogP contribution < -0.4 is 10.1 Å². The number of hydrogen-bond acceptors (Lipinski definition) is 5. The Hall–Kier alpha value is -2.16. The Labute approximate surface area is 174 Å². The van der Waals surface area contributed by atoms with Crippen molar-refractivity contribution in [1.82, 2.24) is 14.6 Å². The first-order valence-corrected chi connectivity index (χ1v) is 10.1. The highest BCUT2D eigenvalue weighted by Gasteiger charge is 2.22. The van der Waals surface area contributed by atoms with Crippen molar-refractivity contribution in [2.45, 2.75) is 37.9 Å². The number of aromatic nitrogens is 3. The molecule has 1 aliphatic rings. The van der Waals surface area contributed by atoms with Gasteiger partial charge < -0.3 is 15.2 Å². The lowest BCUT2D eigenvalue weighted by molar-refractivity contribution is 0.0669. The summed E-state index contributed by atoms with van der Waals surface area (Å²) in [6.07, 6.45) is 7.51. The smallest absolute Gasteiger partial charge is 0.261 e. The minimum Gasteiger partial charge on any atom is -0.488 e. The molecule has 1 aromatic carbocycles. The number of benzene rings is 1. The summed E-state index contributed by atoms with van der Waals surface area (Å²) in [7, 11) is 0. The van der Waals surface area contributed by atoms with Gasteiger partial charge in [0.15, 0.2) is 5.65 Å². The number of fused-ring (bicyclic) bond motifs is 1. The summed E-state index contributed by atoms with van der Waals surface area (Å²) in [5.41, 5.74) is 1.28. The molecule has 1 fully saturated rings. The average molecular weight is 466 g/mol. The van der Waals surface area contributed by atoms with Crippen LogP contribution in [0.2, 0.25) is 5.02 Å². The van der Waals surface area contributed by atoms with Gasteiger partial charge in [0, 0.05) is 17.4 Å². The van der Waals surface area contributed by atoms with Gasteiger partial charge in [-0.05, 0) is 59.8 Å². The van der Waals surface area contributed by atoms with Crippen molar-refractivity contribution in [3.8, 4) is 5.75 Å². The van der Waals surface area contributed by atoms with Crippen LogP contribution in [0.3, 0.4) is 0 Å². The Bertz CT molecular complexity index is 1020. The van der Waals surface area contributed by atoms with Gasteiger partial charge in [0.2, 0.25) is 0 Å². The number of rotatable bonds is 4. The van der Waals surface area contributed by atoms with Crippen molar-refractivity contribution in [2.24, 2.45) is 0 Å². The van der Waals surface area contributed by atoms with Gasteiger partial charge in [-0.1, -0.05) is 11.6 Å². The summed E-state index contributed by atoms with van der Waals surface area (Å²) in [5, 5.41) is 17.2. The predicted molar refractivity (Wildman–Crippen MR) is 109 cm³/mol. The Balaban J connectivity index is 1.56. The Morgan fingerprint density at radius 2 is 2.07 bits per heavy atom. The van der Waals surface area contributed by atoms with Crippen LogP contribution >= 0.6 is 27.5 Å². The second-order valence-electron chi connectivity index (χ2n) is 6.74. The number of nitrogens with one attached hydrogen (secondary N) is 1. The maximum atomic E-state index is 12.8. The molecule has 2 N–H and O–H groups in total. The number of aliphatic hydroxyl groups excluding tert-OH is 1. The van der Waals surface area contributed by atoms with Crippen LogP contribution in [0.5, 0.6) is 5.75 Å². The third-order valence-electron chi connectivity index (χ3n) is 4.70. The molecule has 28 heavy (non-hydrogen) atoms. The van der Waals surface area contributed by atoms with Crippen molar-refractivity contribution < 1.29 is 14.6 Å². The van der Waals surface area contributed by atoms with Crippen LogP contribution in [0.4, 0.5) is 5.69 Å². The van der Waals surface area contributed by atoms with Gasteiger partial charge in [0.1, 0.15) is 11.3 Å². The zero-order chi connectivity index (χ0) is 19.7. The largest absolute Gasteiger partial charge is 0.488 e. The van der Waals surface area contributed by atoms with Crippen molar-refractivity contribution in [2.75, 3.05) is 5.32 Å². The first-order chi connectivity index (χ1) is 13.5. The Morgan fingerprint density at radius 3 is 2.86 bits per heavy atom. The lowest BCUT2D eigenvalue weighted by atomic mass is 9.95. The molecule has 0 aliphatic heterocycles. The molecular weight excluding hydrogens is 448 g/mol. The van der Waals surface area contributed by atoms with Crippen LogP contribution in [-0.4, -0.2) is 37.8 Å². The number of halogens is 2. The second-order valence-corrected chi connectivity index (χ2v) is 8.09. The molecule has 0 saturated heterocycles. The molecule has 146 valence electrons. The maximum absolute atomic E-state index is 12.8. The lowest BCUT2D eigenvalue weighted by Crippen LogP contribution is -2.27. The molecule has 1 aliphatic carbocycles. The monoisotopic (exact) mass is 464 g/mol. The third-order valence-corrected chi connectivity index (χ3v) is 5.34. The quantitative estimate of drug-likeness (QED) is 0.606. The van der Waals surface area contributed by atoms with E-state index >= 15 is 0 Å². The van der Waals surface area contributed by atoms with Gasteiger partial charge in [0.25, 0.3) is 5.91 Å². The van der Waals surface area contributed by atoms with Crippen LogP contribution in [0.15, 0.2) is 41.3 Å². The third kappa shape index (κ3) is 4.14. The minimum absolute atomic E-state index is 0.00350. The summed E-state index contributed by atoms with van der Waals surface area (Å²) >= 11 is 9.46. The SMILES string of the molecule is O=C(Nc1cc(Cl)ccc1OC1CCC(O)CC1)c1cnn2cc(Br)cnc12. The van der Waals surface area contributed by atoms with E-state index in [0.29, 0.717) is 40.5 Å². The molecule has 1 amide bonds. The molecule has 0 unspecified atom stereocenters. The average Bonchev–Trinajstić information content (AvgIpc) is 3.08. The predicted octanol–water partition coefficient (Wildman–Crippen LogP) is 4.08. The number of aliphatic hydroxyl groups is 1. The number of nitrogens with zero attached hydrogens (tertiary/aromatic N) is 3. The summed E-state index contributed by atoms with van der Waals surface area (Å²) in [5.74, 6) is 0.197. The zero-order valence-electron chi connectivity index (χ0n) is 14.8. The van der Waals surface area contributed by atoms with E-state index in [2.05, 4.69) is 31.3 Å². The molecule has 0 spiro atoms. The van der Waals surface area contributed by atoms with Crippen molar-refractivity contribution in [3.05, 3.63) is 51.8 Å². The Morgan fingerprint density at radius 1 is 1.29 bits per heavy atom. The number of carbonyl (C=O) groups is 1. The molecule has 3 aromatic rings. The summed E-state index contributed by atoms with van der Waals surface area (Å²) in [6, 6.07) is 5.12. The first kappa shape index (κ1) is 19.2. The van der Waals surface area contributed by atoms with Gasteiger partial charge in [-0.3, -0.25) is 4.79 Å². The fraction of sp³-hybridized carbons (Fsp3) is 0.316. The molecule has 0 atom stereocenters. The molecule has 7 nitrogen and oxygen atoms in total. The summed E-state index contributed by atoms with van der Waals surface area (Å²) < 4.78 is 8.38. The minimum atomic E-state index is -0.351. The van der Waals surface area contributed by atoms with E-state index in [1.165, 1.54) is 10.7 Å². The van der Waals surface area contributed by atoms with E-state index in [0.717, 1.165) is 17.3 Å². The van der Waals surface area contributed by atoms with Crippen molar-refractivity contribution >= 4 is 44.8 Å². The number of ether oxygens (including phenoxy) is 1. The maximum Gasteiger partial charge on any atom is 0.261 e. The summed E-state index contributed by atoms with van der Waals surface area (Å²) in [4.78, 5) is 17.1. The molecule has 0 bridgehead atoms. The number of amides is 1. The topological polar surface area (TPSA) is 88.8 Å². The lowest BCUT2D eigenvalue weighted by Gasteiger charge is -2.27. The van der Waals surface area contributed by atoms with E-state index in [4.69, 9.17) is 16.3 Å². The van der Waals surface area contributed by atoms with E-state index in [9.17, 15) is 9.90 Å². The normalized spacial score (nSPS) is 19.5. The first-order valence-electron chi connectivity index (χ1n) is 8.94. The van der Waals surface area contributed by atoms with E-state index in [1.54, 1.807) is 30.6 Å². The van der Waals surface area contributed by atoms with E-state index in [-0.39, 0.29) is 18.1 Å². The Kier molecular flexibility index (Phi) is 5.52. The molecule has 0 radical (unpaired) electrons. The molecule has 4 rings (SSSR count).